The Morgan fingerprint density at radius 1 is 1.15 bits per heavy atom. The zero-order chi connectivity index (χ0) is 19.6. The summed E-state index contributed by atoms with van der Waals surface area (Å²) in [6, 6.07) is 11.8. The van der Waals surface area contributed by atoms with Gasteiger partial charge in [-0.15, -0.1) is 0 Å². The minimum atomic E-state index is -0.790. The first kappa shape index (κ1) is 19.8. The average molecular weight is 372 g/mol. The van der Waals surface area contributed by atoms with E-state index < -0.39 is 23.4 Å². The summed E-state index contributed by atoms with van der Waals surface area (Å²) in [5.41, 5.74) is 0.976. The van der Waals surface area contributed by atoms with Crippen molar-refractivity contribution in [2.45, 2.75) is 6.42 Å². The maximum Gasteiger partial charge on any atom is 0.331 e. The third kappa shape index (κ3) is 6.69. The first-order valence-electron chi connectivity index (χ1n) is 8.05. The molecule has 0 spiro atoms. The topological polar surface area (TPSA) is 98.5 Å². The van der Waals surface area contributed by atoms with Crippen LogP contribution in [0.3, 0.4) is 0 Å². The highest BCUT2D eigenvalue weighted by atomic mass is 19.1. The van der Waals surface area contributed by atoms with E-state index in [2.05, 4.69) is 5.32 Å². The molecule has 0 bridgehead atoms. The van der Waals surface area contributed by atoms with Crippen molar-refractivity contribution in [2.24, 2.45) is 0 Å². The van der Waals surface area contributed by atoms with Crippen LogP contribution in [0.1, 0.15) is 11.1 Å². The van der Waals surface area contributed by atoms with Crippen molar-refractivity contribution in [3.05, 3.63) is 81.7 Å². The van der Waals surface area contributed by atoms with E-state index in [1.165, 1.54) is 36.4 Å². The summed E-state index contributed by atoms with van der Waals surface area (Å²) in [6.45, 7) is -0.155. The molecule has 0 unspecified atom stereocenters. The second kappa shape index (κ2) is 9.81. The summed E-state index contributed by atoms with van der Waals surface area (Å²) in [5.74, 6) is -1.60. The van der Waals surface area contributed by atoms with Gasteiger partial charge in [0.25, 0.3) is 11.6 Å². The summed E-state index contributed by atoms with van der Waals surface area (Å²) >= 11 is 0. The number of nitrogens with zero attached hydrogens (tertiary/aromatic N) is 1. The highest BCUT2D eigenvalue weighted by molar-refractivity contribution is 5.89. The lowest BCUT2D eigenvalue weighted by atomic mass is 10.1. The fraction of sp³-hybridized carbons (Fsp3) is 0.158. The van der Waals surface area contributed by atoms with Crippen molar-refractivity contribution in [1.29, 1.82) is 0 Å². The van der Waals surface area contributed by atoms with E-state index in [1.807, 2.05) is 0 Å². The number of nitro groups is 1. The number of ether oxygens (including phenoxy) is 1. The number of hydrogen-bond acceptors (Lipinski definition) is 5. The number of carbonyl (C=O) groups is 2. The molecule has 2 rings (SSSR count). The molecule has 0 aliphatic carbocycles. The van der Waals surface area contributed by atoms with E-state index in [4.69, 9.17) is 4.74 Å². The number of hydrogen-bond donors (Lipinski definition) is 1. The molecule has 2 aromatic rings. The molecule has 27 heavy (non-hydrogen) atoms. The Morgan fingerprint density at radius 3 is 2.56 bits per heavy atom. The van der Waals surface area contributed by atoms with E-state index in [9.17, 15) is 24.1 Å². The lowest BCUT2D eigenvalue weighted by Gasteiger charge is -2.05. The molecule has 0 heterocycles. The zero-order valence-corrected chi connectivity index (χ0v) is 14.3. The maximum atomic E-state index is 12.8. The van der Waals surface area contributed by atoms with Gasteiger partial charge in [0.1, 0.15) is 5.82 Å². The number of nitrogens with one attached hydrogen (secondary N) is 1. The Labute approximate surface area is 154 Å². The number of benzene rings is 2. The van der Waals surface area contributed by atoms with Crippen molar-refractivity contribution >= 4 is 23.6 Å². The smallest absolute Gasteiger partial charge is 0.331 e. The molecule has 8 heteroatoms. The Kier molecular flexibility index (Phi) is 7.18. The Hall–Kier alpha value is -3.55. The highest BCUT2D eigenvalue weighted by Gasteiger charge is 2.10. The van der Waals surface area contributed by atoms with Crippen LogP contribution in [0.5, 0.6) is 0 Å². The van der Waals surface area contributed by atoms with Gasteiger partial charge in [-0.2, -0.15) is 0 Å². The van der Waals surface area contributed by atoms with Crippen LogP contribution in [0, 0.1) is 15.9 Å². The Balaban J connectivity index is 1.74. The van der Waals surface area contributed by atoms with Crippen molar-refractivity contribution in [3.8, 4) is 0 Å². The molecule has 1 N–H and O–H groups in total. The predicted octanol–water partition coefficient (Wildman–Crippen LogP) is 2.65. The lowest BCUT2D eigenvalue weighted by Crippen LogP contribution is -2.30. The number of carbonyl (C=O) groups excluding carboxylic acids is 2. The molecule has 0 aliphatic heterocycles. The SMILES string of the molecule is O=C(COC(=O)/C=C/c1ccccc1[N+](=O)[O-])NCCc1ccc(F)cc1. The van der Waals surface area contributed by atoms with E-state index in [0.29, 0.717) is 13.0 Å². The quantitative estimate of drug-likeness (QED) is 0.332. The molecule has 0 atom stereocenters. The van der Waals surface area contributed by atoms with Gasteiger partial charge in [0.15, 0.2) is 6.61 Å². The van der Waals surface area contributed by atoms with E-state index in [1.54, 1.807) is 18.2 Å². The minimum absolute atomic E-state index is 0.139. The van der Waals surface area contributed by atoms with Crippen LogP contribution in [0.4, 0.5) is 10.1 Å². The number of halogens is 1. The van der Waals surface area contributed by atoms with Gasteiger partial charge in [0.05, 0.1) is 10.5 Å². The summed E-state index contributed by atoms with van der Waals surface area (Å²) in [5, 5.41) is 13.5. The van der Waals surface area contributed by atoms with Gasteiger partial charge in [0, 0.05) is 18.7 Å². The molecular formula is C19H17FN2O5. The fourth-order valence-electron chi connectivity index (χ4n) is 2.19. The van der Waals surface area contributed by atoms with Crippen LogP contribution in [-0.2, 0) is 20.7 Å². The van der Waals surface area contributed by atoms with Gasteiger partial charge >= 0.3 is 5.97 Å². The molecule has 0 aliphatic rings. The lowest BCUT2D eigenvalue weighted by molar-refractivity contribution is -0.385. The normalized spacial score (nSPS) is 10.6. The Bertz CT molecular complexity index is 849. The predicted molar refractivity (Wildman–Crippen MR) is 96.2 cm³/mol. The van der Waals surface area contributed by atoms with Crippen molar-refractivity contribution < 1.29 is 23.6 Å². The van der Waals surface area contributed by atoms with Gasteiger partial charge < -0.3 is 10.1 Å². The second-order valence-corrected chi connectivity index (χ2v) is 5.48. The summed E-state index contributed by atoms with van der Waals surface area (Å²) in [6.07, 6.45) is 2.79. The zero-order valence-electron chi connectivity index (χ0n) is 14.3. The average Bonchev–Trinajstić information content (AvgIpc) is 2.66. The molecule has 140 valence electrons. The third-order valence-electron chi connectivity index (χ3n) is 3.53. The summed E-state index contributed by atoms with van der Waals surface area (Å²) in [7, 11) is 0. The molecule has 7 nitrogen and oxygen atoms in total. The molecular weight excluding hydrogens is 355 g/mol. The van der Waals surface area contributed by atoms with Crippen molar-refractivity contribution in [3.63, 3.8) is 0 Å². The van der Waals surface area contributed by atoms with Gasteiger partial charge in [-0.1, -0.05) is 24.3 Å². The van der Waals surface area contributed by atoms with Gasteiger partial charge in [-0.05, 0) is 36.3 Å². The molecule has 0 fully saturated rings. The summed E-state index contributed by atoms with van der Waals surface area (Å²) in [4.78, 5) is 33.6. The van der Waals surface area contributed by atoms with E-state index in [0.717, 1.165) is 11.6 Å². The first-order valence-corrected chi connectivity index (χ1v) is 8.05. The number of amides is 1. The van der Waals surface area contributed by atoms with Crippen LogP contribution in [-0.4, -0.2) is 30.0 Å². The van der Waals surface area contributed by atoms with Gasteiger partial charge in [-0.25, -0.2) is 9.18 Å². The molecule has 1 amide bonds. The van der Waals surface area contributed by atoms with Crippen LogP contribution >= 0.6 is 0 Å². The third-order valence-corrected chi connectivity index (χ3v) is 3.53. The largest absolute Gasteiger partial charge is 0.452 e. The second-order valence-electron chi connectivity index (χ2n) is 5.48. The first-order chi connectivity index (χ1) is 13.0. The molecule has 2 aromatic carbocycles. The van der Waals surface area contributed by atoms with E-state index >= 15 is 0 Å². The molecule has 0 saturated carbocycles. The number of nitro benzene ring substituents is 1. The van der Waals surface area contributed by atoms with Crippen LogP contribution in [0.15, 0.2) is 54.6 Å². The van der Waals surface area contributed by atoms with Gasteiger partial charge in [-0.3, -0.25) is 14.9 Å². The van der Waals surface area contributed by atoms with Crippen molar-refractivity contribution in [2.75, 3.05) is 13.2 Å². The van der Waals surface area contributed by atoms with Gasteiger partial charge in [0.2, 0.25) is 0 Å². The highest BCUT2D eigenvalue weighted by Crippen LogP contribution is 2.18. The van der Waals surface area contributed by atoms with Crippen LogP contribution < -0.4 is 5.32 Å². The minimum Gasteiger partial charge on any atom is -0.452 e. The van der Waals surface area contributed by atoms with E-state index in [-0.39, 0.29) is 17.1 Å². The molecule has 0 aromatic heterocycles. The van der Waals surface area contributed by atoms with Crippen LogP contribution in [0.25, 0.3) is 6.08 Å². The Morgan fingerprint density at radius 2 is 1.85 bits per heavy atom. The molecule has 0 saturated heterocycles. The maximum absolute atomic E-state index is 12.8. The number of esters is 1. The monoisotopic (exact) mass is 372 g/mol. The summed E-state index contributed by atoms with van der Waals surface area (Å²) < 4.78 is 17.6. The number of rotatable bonds is 8. The number of para-hydroxylation sites is 1. The molecule has 0 radical (unpaired) electrons. The van der Waals surface area contributed by atoms with Crippen LogP contribution in [0.2, 0.25) is 0 Å². The fourth-order valence-corrected chi connectivity index (χ4v) is 2.19. The van der Waals surface area contributed by atoms with Crippen molar-refractivity contribution in [1.82, 2.24) is 5.32 Å². The standard InChI is InChI=1S/C19H17FN2O5/c20-16-8-5-14(6-9-16)11-12-21-18(23)13-27-19(24)10-7-15-3-1-2-4-17(15)22(25)26/h1-10H,11-13H2,(H,21,23)/b10-7+.